The van der Waals surface area contributed by atoms with Gasteiger partial charge < -0.3 is 9.80 Å². The number of anilines is 6. The SMILES string of the molecule is CC(C)(C)c1ccc2c(c1)N(c1ccc(-c3cccc4c3-c3ccccc3C4(C)C)cc1)c1cccc3c1B2c1ccc(C(C)(C)C)cc1N3c1ccc(-c2cccc3c2-c2ccccc2C3(C)C)cc1. The molecule has 0 unspecified atom stereocenters. The predicted octanol–water partition coefficient (Wildman–Crippen LogP) is 16.3. The third-order valence-electron chi connectivity index (χ3n) is 16.8. The van der Waals surface area contributed by atoms with E-state index in [1.165, 1.54) is 117 Å². The Morgan fingerprint density at radius 3 is 1.13 bits per heavy atom. The summed E-state index contributed by atoms with van der Waals surface area (Å²) in [7, 11) is 0. The molecule has 9 aromatic rings. The summed E-state index contributed by atoms with van der Waals surface area (Å²) in [6.07, 6.45) is 0. The van der Waals surface area contributed by atoms with Gasteiger partial charge in [0.2, 0.25) is 0 Å². The van der Waals surface area contributed by atoms with Crippen LogP contribution in [0.3, 0.4) is 0 Å². The molecule has 2 heterocycles. The van der Waals surface area contributed by atoms with Gasteiger partial charge in [-0.15, -0.1) is 0 Å². The van der Waals surface area contributed by atoms with Gasteiger partial charge in [0.15, 0.2) is 0 Å². The molecule has 0 saturated heterocycles. The molecule has 0 bridgehead atoms. The van der Waals surface area contributed by atoms with Crippen molar-refractivity contribution in [1.82, 2.24) is 0 Å². The smallest absolute Gasteiger partial charge is 0.252 e. The zero-order valence-corrected chi connectivity index (χ0v) is 42.9. The van der Waals surface area contributed by atoms with Crippen LogP contribution >= 0.6 is 0 Å². The van der Waals surface area contributed by atoms with Gasteiger partial charge in [0.05, 0.1) is 0 Å². The van der Waals surface area contributed by atoms with Gasteiger partial charge in [-0.25, -0.2) is 0 Å². The molecule has 0 saturated carbocycles. The Bertz CT molecular complexity index is 3430. The number of fused-ring (bicyclic) bond motifs is 10. The van der Waals surface area contributed by atoms with Crippen molar-refractivity contribution in [2.24, 2.45) is 0 Å². The molecule has 3 heteroatoms. The maximum atomic E-state index is 2.56. The average molecular weight is 917 g/mol. The van der Waals surface area contributed by atoms with Gasteiger partial charge in [0.25, 0.3) is 6.71 Å². The summed E-state index contributed by atoms with van der Waals surface area (Å²) in [6.45, 7) is 23.5. The van der Waals surface area contributed by atoms with Gasteiger partial charge in [-0.2, -0.15) is 0 Å². The Balaban J connectivity index is 0.980. The summed E-state index contributed by atoms with van der Waals surface area (Å²) in [6, 6.07) is 72.2. The van der Waals surface area contributed by atoms with Crippen LogP contribution in [0.2, 0.25) is 0 Å². The fourth-order valence-corrected chi connectivity index (χ4v) is 13.0. The van der Waals surface area contributed by atoms with Crippen molar-refractivity contribution in [2.45, 2.75) is 90.9 Å². The van der Waals surface area contributed by atoms with Gasteiger partial charge in [-0.05, 0) is 154 Å². The second kappa shape index (κ2) is 15.1. The molecule has 2 aliphatic heterocycles. The van der Waals surface area contributed by atoms with Crippen LogP contribution < -0.4 is 26.2 Å². The monoisotopic (exact) mass is 916 g/mol. The zero-order valence-electron chi connectivity index (χ0n) is 42.9. The fourth-order valence-electron chi connectivity index (χ4n) is 13.0. The highest BCUT2D eigenvalue weighted by Gasteiger charge is 2.44. The van der Waals surface area contributed by atoms with Crippen LogP contribution in [0.15, 0.2) is 188 Å². The topological polar surface area (TPSA) is 6.48 Å². The third-order valence-corrected chi connectivity index (χ3v) is 16.8. The summed E-state index contributed by atoms with van der Waals surface area (Å²) in [5.74, 6) is 0. The molecule has 2 aliphatic carbocycles. The molecule has 0 spiro atoms. The van der Waals surface area contributed by atoms with Crippen LogP contribution in [-0.4, -0.2) is 6.71 Å². The number of rotatable bonds is 4. The first kappa shape index (κ1) is 43.6. The fraction of sp³-hybridized carbons (Fsp3) is 0.206. The van der Waals surface area contributed by atoms with Gasteiger partial charge >= 0.3 is 0 Å². The zero-order chi connectivity index (χ0) is 48.9. The van der Waals surface area contributed by atoms with Crippen LogP contribution in [0.25, 0.3) is 44.5 Å². The first-order chi connectivity index (χ1) is 34.0. The molecular formula is C68H61BN2. The van der Waals surface area contributed by atoms with Gasteiger partial charge in [0.1, 0.15) is 0 Å². The number of benzene rings is 9. The lowest BCUT2D eigenvalue weighted by Gasteiger charge is -2.44. The van der Waals surface area contributed by atoms with Crippen LogP contribution in [0.4, 0.5) is 34.1 Å². The van der Waals surface area contributed by atoms with Gasteiger partial charge in [-0.1, -0.05) is 209 Å². The molecule has 13 rings (SSSR count). The largest absolute Gasteiger partial charge is 0.311 e. The molecule has 71 heavy (non-hydrogen) atoms. The Hall–Kier alpha value is -7.36. The summed E-state index contributed by atoms with van der Waals surface area (Å²) in [5.41, 5.74) is 29.8. The minimum atomic E-state index is -0.0534. The highest BCUT2D eigenvalue weighted by molar-refractivity contribution is 7.00. The Morgan fingerprint density at radius 2 is 0.718 bits per heavy atom. The van der Waals surface area contributed by atoms with E-state index in [9.17, 15) is 0 Å². The van der Waals surface area contributed by atoms with E-state index in [1.54, 1.807) is 0 Å². The molecule has 0 aromatic heterocycles. The van der Waals surface area contributed by atoms with Crippen LogP contribution in [0.1, 0.15) is 103 Å². The van der Waals surface area contributed by atoms with E-state index >= 15 is 0 Å². The first-order valence-electron chi connectivity index (χ1n) is 25.7. The van der Waals surface area contributed by atoms with Crippen LogP contribution in [0, 0.1) is 0 Å². The van der Waals surface area contributed by atoms with E-state index in [0.717, 1.165) is 11.4 Å². The van der Waals surface area contributed by atoms with E-state index < -0.39 is 0 Å². The van der Waals surface area contributed by atoms with E-state index in [4.69, 9.17) is 0 Å². The lowest BCUT2D eigenvalue weighted by atomic mass is 9.33. The lowest BCUT2D eigenvalue weighted by molar-refractivity contribution is 0.590. The van der Waals surface area contributed by atoms with Crippen molar-refractivity contribution in [3.63, 3.8) is 0 Å². The molecular weight excluding hydrogens is 856 g/mol. The highest BCUT2D eigenvalue weighted by Crippen LogP contribution is 2.54. The van der Waals surface area contributed by atoms with Crippen molar-refractivity contribution >= 4 is 57.2 Å². The summed E-state index contributed by atoms with van der Waals surface area (Å²) in [5, 5.41) is 0. The Labute approximate surface area is 421 Å². The first-order valence-corrected chi connectivity index (χ1v) is 25.7. The molecule has 4 aliphatic rings. The summed E-state index contributed by atoms with van der Waals surface area (Å²) < 4.78 is 0. The van der Waals surface area contributed by atoms with E-state index in [2.05, 4.69) is 267 Å². The van der Waals surface area contributed by atoms with Crippen molar-refractivity contribution in [1.29, 1.82) is 0 Å². The molecule has 346 valence electrons. The van der Waals surface area contributed by atoms with Gasteiger partial charge in [0, 0.05) is 45.0 Å². The molecule has 2 nitrogen and oxygen atoms in total. The van der Waals surface area contributed by atoms with Crippen molar-refractivity contribution < 1.29 is 0 Å². The maximum absolute atomic E-state index is 2.56. The quantitative estimate of drug-likeness (QED) is 0.162. The second-order valence-electron chi connectivity index (χ2n) is 23.8. The molecule has 0 radical (unpaired) electrons. The number of nitrogens with zero attached hydrogens (tertiary/aromatic N) is 2. The van der Waals surface area contributed by atoms with Crippen molar-refractivity contribution in [3.8, 4) is 44.5 Å². The van der Waals surface area contributed by atoms with Crippen molar-refractivity contribution in [2.75, 3.05) is 9.80 Å². The molecule has 0 amide bonds. The maximum Gasteiger partial charge on any atom is 0.252 e. The normalized spacial score (nSPS) is 15.3. The number of hydrogen-bond donors (Lipinski definition) is 0. The standard InChI is InChI=1S/C68H61BN2/c1-65(2,3)44-32-38-56-60(40-44)70(46-34-28-42(29-35-46)48-20-15-24-54-62(48)50-18-11-13-22-52(50)67(54,7)8)58-26-17-27-59-64(58)69(56)57-39-33-45(66(4,5)6)41-61(57)71(59)47-36-30-43(31-37-47)49-21-16-25-55-63(49)51-19-12-14-23-53(51)68(55,9)10/h11-41H,1-10H3. The van der Waals surface area contributed by atoms with Crippen LogP contribution in [0.5, 0.6) is 0 Å². The third kappa shape index (κ3) is 6.34. The van der Waals surface area contributed by atoms with E-state index in [0.29, 0.717) is 0 Å². The molecule has 0 atom stereocenters. The highest BCUT2D eigenvalue weighted by atomic mass is 15.2. The summed E-state index contributed by atoms with van der Waals surface area (Å²) in [4.78, 5) is 5.12. The van der Waals surface area contributed by atoms with E-state index in [1.807, 2.05) is 0 Å². The number of hydrogen-bond acceptors (Lipinski definition) is 2. The lowest BCUT2D eigenvalue weighted by Crippen LogP contribution is -2.61. The minimum absolute atomic E-state index is 0.0289. The Morgan fingerprint density at radius 1 is 0.352 bits per heavy atom. The average Bonchev–Trinajstić information content (AvgIpc) is 3.75. The second-order valence-corrected chi connectivity index (χ2v) is 23.8. The predicted molar refractivity (Wildman–Crippen MR) is 304 cm³/mol. The van der Waals surface area contributed by atoms with Crippen molar-refractivity contribution in [3.05, 3.63) is 221 Å². The van der Waals surface area contributed by atoms with Crippen LogP contribution in [-0.2, 0) is 21.7 Å². The Kier molecular flexibility index (Phi) is 9.27. The molecule has 0 fully saturated rings. The summed E-state index contributed by atoms with van der Waals surface area (Å²) >= 11 is 0. The molecule has 0 N–H and O–H groups in total. The van der Waals surface area contributed by atoms with Gasteiger partial charge in [-0.3, -0.25) is 0 Å². The van der Waals surface area contributed by atoms with E-state index in [-0.39, 0.29) is 28.4 Å². The molecule has 9 aromatic carbocycles. The minimum Gasteiger partial charge on any atom is -0.311 e.